The second-order valence-electron chi connectivity index (χ2n) is 6.03. The molecule has 7 heteroatoms. The predicted octanol–water partition coefficient (Wildman–Crippen LogP) is 2.69. The van der Waals surface area contributed by atoms with Crippen molar-refractivity contribution in [2.45, 2.75) is 18.8 Å². The number of aromatic nitrogens is 3. The van der Waals surface area contributed by atoms with E-state index in [9.17, 15) is 4.79 Å². The van der Waals surface area contributed by atoms with Crippen molar-refractivity contribution in [2.24, 2.45) is 7.05 Å². The van der Waals surface area contributed by atoms with Crippen molar-refractivity contribution in [3.8, 4) is 11.5 Å². The maximum absolute atomic E-state index is 12.6. The third kappa shape index (κ3) is 2.73. The minimum absolute atomic E-state index is 0.101. The molecule has 0 aliphatic carbocycles. The molecule has 0 spiro atoms. The molecule has 7 nitrogen and oxygen atoms in total. The number of likely N-dealkylation sites (tertiary alicyclic amines) is 1. The normalized spacial score (nSPS) is 15.8. The van der Waals surface area contributed by atoms with Crippen LogP contribution in [0.5, 0.6) is 0 Å². The molecule has 0 aromatic carbocycles. The average Bonchev–Trinajstić information content (AvgIpc) is 3.35. The van der Waals surface area contributed by atoms with Crippen LogP contribution in [0, 0.1) is 0 Å². The van der Waals surface area contributed by atoms with E-state index < -0.39 is 0 Å². The zero-order chi connectivity index (χ0) is 16.5. The van der Waals surface area contributed by atoms with E-state index in [4.69, 9.17) is 8.94 Å². The second kappa shape index (κ2) is 5.99. The van der Waals surface area contributed by atoms with Gasteiger partial charge in [-0.05, 0) is 31.0 Å². The molecule has 0 radical (unpaired) electrons. The zero-order valence-corrected chi connectivity index (χ0v) is 13.4. The number of piperidine rings is 1. The number of amides is 1. The highest BCUT2D eigenvalue weighted by Crippen LogP contribution is 2.28. The summed E-state index contributed by atoms with van der Waals surface area (Å²) in [6.45, 7) is 1.39. The molecule has 4 rings (SSSR count). The van der Waals surface area contributed by atoms with E-state index in [0.29, 0.717) is 36.2 Å². The van der Waals surface area contributed by atoms with Gasteiger partial charge in [0.15, 0.2) is 11.5 Å². The molecule has 1 fully saturated rings. The molecule has 3 aromatic heterocycles. The Morgan fingerprint density at radius 3 is 2.75 bits per heavy atom. The third-order valence-corrected chi connectivity index (χ3v) is 4.43. The summed E-state index contributed by atoms with van der Waals surface area (Å²) in [5.74, 6) is 1.34. The van der Waals surface area contributed by atoms with Crippen LogP contribution in [0.1, 0.15) is 34.9 Å². The maximum atomic E-state index is 12.6. The van der Waals surface area contributed by atoms with Crippen molar-refractivity contribution in [2.75, 3.05) is 13.1 Å². The SMILES string of the molecule is Cn1ccc(C2CCN(C(=O)c3cc(-c4ccco4)on3)CC2)n1. The Morgan fingerprint density at radius 1 is 1.25 bits per heavy atom. The lowest BCUT2D eigenvalue weighted by Gasteiger charge is -2.30. The van der Waals surface area contributed by atoms with Crippen LogP contribution in [0.15, 0.2) is 45.7 Å². The summed E-state index contributed by atoms with van der Waals surface area (Å²) >= 11 is 0. The highest BCUT2D eigenvalue weighted by Gasteiger charge is 2.27. The fraction of sp³-hybridized carbons (Fsp3) is 0.353. The summed E-state index contributed by atoms with van der Waals surface area (Å²) in [7, 11) is 1.92. The van der Waals surface area contributed by atoms with Gasteiger partial charge in [-0.2, -0.15) is 5.10 Å². The molecule has 0 saturated carbocycles. The van der Waals surface area contributed by atoms with Gasteiger partial charge in [-0.3, -0.25) is 9.48 Å². The largest absolute Gasteiger partial charge is 0.461 e. The molecule has 124 valence electrons. The van der Waals surface area contributed by atoms with Crippen molar-refractivity contribution >= 4 is 5.91 Å². The number of nitrogens with zero attached hydrogens (tertiary/aromatic N) is 4. The topological polar surface area (TPSA) is 77.3 Å². The van der Waals surface area contributed by atoms with E-state index in [1.807, 2.05) is 22.8 Å². The van der Waals surface area contributed by atoms with Crippen molar-refractivity contribution in [3.05, 3.63) is 48.1 Å². The monoisotopic (exact) mass is 326 g/mol. The van der Waals surface area contributed by atoms with Crippen LogP contribution in [-0.2, 0) is 7.05 Å². The first-order valence-corrected chi connectivity index (χ1v) is 8.00. The first-order valence-electron chi connectivity index (χ1n) is 8.00. The lowest BCUT2D eigenvalue weighted by molar-refractivity contribution is 0.0701. The highest BCUT2D eigenvalue weighted by atomic mass is 16.5. The summed E-state index contributed by atoms with van der Waals surface area (Å²) in [4.78, 5) is 14.4. The Morgan fingerprint density at radius 2 is 2.08 bits per heavy atom. The molecule has 0 atom stereocenters. The van der Waals surface area contributed by atoms with Crippen LogP contribution in [0.4, 0.5) is 0 Å². The minimum Gasteiger partial charge on any atom is -0.461 e. The number of carbonyl (C=O) groups is 1. The Balaban J connectivity index is 1.41. The number of furan rings is 1. The molecular weight excluding hydrogens is 308 g/mol. The molecule has 1 aliphatic rings. The van der Waals surface area contributed by atoms with E-state index in [-0.39, 0.29) is 5.91 Å². The average molecular weight is 326 g/mol. The van der Waals surface area contributed by atoms with Crippen LogP contribution in [0.25, 0.3) is 11.5 Å². The fourth-order valence-corrected chi connectivity index (χ4v) is 3.10. The molecule has 4 heterocycles. The molecule has 1 amide bonds. The molecular formula is C17H18N4O3. The number of carbonyl (C=O) groups excluding carboxylic acids is 1. The lowest BCUT2D eigenvalue weighted by atomic mass is 9.93. The number of hydrogen-bond acceptors (Lipinski definition) is 5. The molecule has 0 unspecified atom stereocenters. The van der Waals surface area contributed by atoms with Gasteiger partial charge in [0.2, 0.25) is 5.76 Å². The summed E-state index contributed by atoms with van der Waals surface area (Å²) in [6.07, 6.45) is 5.33. The lowest BCUT2D eigenvalue weighted by Crippen LogP contribution is -2.38. The van der Waals surface area contributed by atoms with E-state index in [0.717, 1.165) is 18.5 Å². The van der Waals surface area contributed by atoms with Gasteiger partial charge in [-0.1, -0.05) is 5.16 Å². The molecule has 1 saturated heterocycles. The Bertz CT molecular complexity index is 826. The minimum atomic E-state index is -0.101. The van der Waals surface area contributed by atoms with Gasteiger partial charge in [-0.15, -0.1) is 0 Å². The van der Waals surface area contributed by atoms with E-state index in [1.165, 1.54) is 0 Å². The van der Waals surface area contributed by atoms with E-state index in [1.54, 1.807) is 24.5 Å². The van der Waals surface area contributed by atoms with Crippen molar-refractivity contribution in [3.63, 3.8) is 0 Å². The number of aryl methyl sites for hydroxylation is 1. The van der Waals surface area contributed by atoms with Crippen molar-refractivity contribution in [1.29, 1.82) is 0 Å². The van der Waals surface area contributed by atoms with E-state index in [2.05, 4.69) is 16.3 Å². The first kappa shape index (κ1) is 14.7. The van der Waals surface area contributed by atoms with Crippen LogP contribution in [0.2, 0.25) is 0 Å². The van der Waals surface area contributed by atoms with Gasteiger partial charge >= 0.3 is 0 Å². The molecule has 0 N–H and O–H groups in total. The van der Waals surface area contributed by atoms with Crippen LogP contribution in [0.3, 0.4) is 0 Å². The van der Waals surface area contributed by atoms with Crippen LogP contribution in [-0.4, -0.2) is 38.8 Å². The zero-order valence-electron chi connectivity index (χ0n) is 13.4. The molecule has 1 aliphatic heterocycles. The van der Waals surface area contributed by atoms with Crippen molar-refractivity contribution < 1.29 is 13.7 Å². The highest BCUT2D eigenvalue weighted by molar-refractivity contribution is 5.93. The molecule has 3 aromatic rings. The van der Waals surface area contributed by atoms with Gasteiger partial charge in [0, 0.05) is 38.3 Å². The summed E-state index contributed by atoms with van der Waals surface area (Å²) in [5.41, 5.74) is 1.42. The van der Waals surface area contributed by atoms with Crippen molar-refractivity contribution in [1.82, 2.24) is 19.8 Å². The Kier molecular flexibility index (Phi) is 3.68. The van der Waals surface area contributed by atoms with Crippen LogP contribution < -0.4 is 0 Å². The van der Waals surface area contributed by atoms with Gasteiger partial charge in [0.05, 0.1) is 12.0 Å². The van der Waals surface area contributed by atoms with Crippen LogP contribution >= 0.6 is 0 Å². The standard InChI is InChI=1S/C17H18N4O3/c1-20-7-6-13(18-20)12-4-8-21(9-5-12)17(22)14-11-16(24-19-14)15-3-2-10-23-15/h2-3,6-7,10-12H,4-5,8-9H2,1H3. The Hall–Kier alpha value is -2.83. The van der Waals surface area contributed by atoms with E-state index >= 15 is 0 Å². The molecule has 0 bridgehead atoms. The Labute approximate surface area is 138 Å². The fourth-order valence-electron chi connectivity index (χ4n) is 3.10. The van der Waals surface area contributed by atoms with Gasteiger partial charge < -0.3 is 13.8 Å². The third-order valence-electron chi connectivity index (χ3n) is 4.43. The summed E-state index contributed by atoms with van der Waals surface area (Å²) in [6, 6.07) is 7.22. The van der Waals surface area contributed by atoms with Gasteiger partial charge in [-0.25, -0.2) is 0 Å². The van der Waals surface area contributed by atoms with Gasteiger partial charge in [0.25, 0.3) is 5.91 Å². The molecule has 24 heavy (non-hydrogen) atoms. The quantitative estimate of drug-likeness (QED) is 0.739. The number of hydrogen-bond donors (Lipinski definition) is 0. The maximum Gasteiger partial charge on any atom is 0.276 e. The summed E-state index contributed by atoms with van der Waals surface area (Å²) in [5, 5.41) is 8.36. The first-order chi connectivity index (χ1) is 11.7. The second-order valence-corrected chi connectivity index (χ2v) is 6.03. The number of rotatable bonds is 3. The summed E-state index contributed by atoms with van der Waals surface area (Å²) < 4.78 is 12.3. The van der Waals surface area contributed by atoms with Gasteiger partial charge in [0.1, 0.15) is 0 Å². The predicted molar refractivity (Wildman–Crippen MR) is 85.3 cm³/mol. The smallest absolute Gasteiger partial charge is 0.276 e.